The van der Waals surface area contributed by atoms with Gasteiger partial charge >= 0.3 is 0 Å². The van der Waals surface area contributed by atoms with E-state index in [4.69, 9.17) is 17.3 Å². The van der Waals surface area contributed by atoms with E-state index in [9.17, 15) is 0 Å². The first-order valence-corrected chi connectivity index (χ1v) is 5.58. The molecule has 0 heterocycles. The highest BCUT2D eigenvalue weighted by molar-refractivity contribution is 6.31. The lowest BCUT2D eigenvalue weighted by molar-refractivity contribution is 0.264. The van der Waals surface area contributed by atoms with Crippen LogP contribution in [0.25, 0.3) is 0 Å². The molecule has 0 aliphatic heterocycles. The topological polar surface area (TPSA) is 26.0 Å². The van der Waals surface area contributed by atoms with Crippen molar-refractivity contribution in [1.82, 2.24) is 0 Å². The van der Waals surface area contributed by atoms with Crippen LogP contribution < -0.4 is 5.73 Å². The van der Waals surface area contributed by atoms with Crippen LogP contribution in [0.15, 0.2) is 18.2 Å². The monoisotopic (exact) mass is 245 g/mol. The molecule has 1 aliphatic carbocycles. The van der Waals surface area contributed by atoms with Crippen molar-refractivity contribution < 1.29 is 0 Å². The van der Waals surface area contributed by atoms with Crippen molar-refractivity contribution in [1.29, 1.82) is 0 Å². The van der Waals surface area contributed by atoms with Crippen LogP contribution in [0.5, 0.6) is 0 Å². The molecule has 2 rings (SSSR count). The standard InChI is InChI=1S/C12H16ClN.ClH/c1-8-4-2-7-10(13)11(8)12(14)9-5-3-6-9;/h2,4,7,9,12H,3,5-6,14H2,1H3;1H/t12-;/m1./s1. The van der Waals surface area contributed by atoms with Crippen LogP contribution in [0.3, 0.4) is 0 Å². The highest BCUT2D eigenvalue weighted by Crippen LogP contribution is 2.39. The molecule has 0 amide bonds. The molecule has 1 fully saturated rings. The summed E-state index contributed by atoms with van der Waals surface area (Å²) in [4.78, 5) is 0. The molecule has 1 aromatic carbocycles. The SMILES string of the molecule is Cc1cccc(Cl)c1[C@H](N)C1CCC1.Cl. The molecule has 15 heavy (non-hydrogen) atoms. The number of rotatable bonds is 2. The number of nitrogens with two attached hydrogens (primary N) is 1. The first-order valence-electron chi connectivity index (χ1n) is 5.20. The van der Waals surface area contributed by atoms with Gasteiger partial charge in [-0.1, -0.05) is 30.2 Å². The van der Waals surface area contributed by atoms with E-state index < -0.39 is 0 Å². The smallest absolute Gasteiger partial charge is 0.0456 e. The molecule has 3 heteroatoms. The molecule has 1 atom stereocenters. The Morgan fingerprint density at radius 1 is 1.40 bits per heavy atom. The molecule has 0 aromatic heterocycles. The fourth-order valence-electron chi connectivity index (χ4n) is 2.10. The Morgan fingerprint density at radius 3 is 2.53 bits per heavy atom. The second-order valence-electron chi connectivity index (χ2n) is 4.19. The third-order valence-corrected chi connectivity index (χ3v) is 3.59. The highest BCUT2D eigenvalue weighted by atomic mass is 35.5. The van der Waals surface area contributed by atoms with E-state index >= 15 is 0 Å². The van der Waals surface area contributed by atoms with Crippen molar-refractivity contribution in [3.8, 4) is 0 Å². The summed E-state index contributed by atoms with van der Waals surface area (Å²) < 4.78 is 0. The summed E-state index contributed by atoms with van der Waals surface area (Å²) in [7, 11) is 0. The van der Waals surface area contributed by atoms with Crippen molar-refractivity contribution in [2.75, 3.05) is 0 Å². The minimum atomic E-state index is 0. The number of benzene rings is 1. The molecular weight excluding hydrogens is 229 g/mol. The predicted octanol–water partition coefficient (Wildman–Crippen LogP) is 3.87. The van der Waals surface area contributed by atoms with Crippen LogP contribution in [0.4, 0.5) is 0 Å². The Labute approximate surface area is 102 Å². The Morgan fingerprint density at radius 2 is 2.07 bits per heavy atom. The molecule has 1 saturated carbocycles. The summed E-state index contributed by atoms with van der Waals surface area (Å²) in [6, 6.07) is 6.13. The lowest BCUT2D eigenvalue weighted by Gasteiger charge is -2.32. The maximum Gasteiger partial charge on any atom is 0.0456 e. The zero-order chi connectivity index (χ0) is 10.1. The maximum absolute atomic E-state index is 6.22. The molecule has 0 radical (unpaired) electrons. The second kappa shape index (κ2) is 5.20. The van der Waals surface area contributed by atoms with Crippen LogP contribution in [-0.2, 0) is 0 Å². The molecule has 0 saturated heterocycles. The molecule has 1 nitrogen and oxygen atoms in total. The lowest BCUT2D eigenvalue weighted by Crippen LogP contribution is -2.27. The Kier molecular flexibility index (Phi) is 4.45. The number of hydrogen-bond acceptors (Lipinski definition) is 1. The Bertz CT molecular complexity index is 314. The zero-order valence-electron chi connectivity index (χ0n) is 8.87. The molecule has 1 aliphatic rings. The lowest BCUT2D eigenvalue weighted by atomic mass is 9.77. The van der Waals surface area contributed by atoms with Gasteiger partial charge in [-0.15, -0.1) is 12.4 Å². The highest BCUT2D eigenvalue weighted by Gasteiger charge is 2.27. The summed E-state index contributed by atoms with van der Waals surface area (Å²) in [5.74, 6) is 0.647. The summed E-state index contributed by atoms with van der Waals surface area (Å²) in [5, 5.41) is 0.824. The van der Waals surface area contributed by atoms with Gasteiger partial charge < -0.3 is 5.73 Å². The van der Waals surface area contributed by atoms with E-state index in [-0.39, 0.29) is 18.4 Å². The van der Waals surface area contributed by atoms with Crippen LogP contribution >= 0.6 is 24.0 Å². The van der Waals surface area contributed by atoms with Crippen molar-refractivity contribution in [3.05, 3.63) is 34.3 Å². The van der Waals surface area contributed by atoms with Gasteiger partial charge in [-0.3, -0.25) is 0 Å². The minimum Gasteiger partial charge on any atom is -0.324 e. The van der Waals surface area contributed by atoms with Gasteiger partial charge in [0.15, 0.2) is 0 Å². The maximum atomic E-state index is 6.22. The molecule has 84 valence electrons. The van der Waals surface area contributed by atoms with E-state index in [0.29, 0.717) is 5.92 Å². The normalized spacial score (nSPS) is 17.8. The van der Waals surface area contributed by atoms with Crippen LogP contribution in [0, 0.1) is 12.8 Å². The third kappa shape index (κ3) is 2.47. The van der Waals surface area contributed by atoms with Gasteiger partial charge in [0.25, 0.3) is 0 Å². The van der Waals surface area contributed by atoms with Gasteiger partial charge in [-0.05, 0) is 42.9 Å². The quantitative estimate of drug-likeness (QED) is 0.842. The van der Waals surface area contributed by atoms with Crippen molar-refractivity contribution in [2.45, 2.75) is 32.2 Å². The molecule has 1 aromatic rings. The number of aryl methyl sites for hydroxylation is 1. The predicted molar refractivity (Wildman–Crippen MR) is 67.7 cm³/mol. The first kappa shape index (κ1) is 12.8. The molecular formula is C12H17Cl2N. The molecule has 0 bridgehead atoms. The fourth-order valence-corrected chi connectivity index (χ4v) is 2.45. The Hall–Kier alpha value is -0.240. The molecule has 0 unspecified atom stereocenters. The van der Waals surface area contributed by atoms with E-state index in [1.807, 2.05) is 12.1 Å². The molecule has 2 N–H and O–H groups in total. The van der Waals surface area contributed by atoms with Gasteiger partial charge in [-0.25, -0.2) is 0 Å². The summed E-state index contributed by atoms with van der Waals surface area (Å²) in [6.45, 7) is 2.08. The van der Waals surface area contributed by atoms with Crippen molar-refractivity contribution in [2.24, 2.45) is 11.7 Å². The van der Waals surface area contributed by atoms with Crippen LogP contribution in [-0.4, -0.2) is 0 Å². The average Bonchev–Trinajstić information content (AvgIpc) is 2.00. The van der Waals surface area contributed by atoms with E-state index in [2.05, 4.69) is 13.0 Å². The third-order valence-electron chi connectivity index (χ3n) is 3.26. The van der Waals surface area contributed by atoms with Gasteiger partial charge in [0.2, 0.25) is 0 Å². The van der Waals surface area contributed by atoms with Gasteiger partial charge in [0.1, 0.15) is 0 Å². The van der Waals surface area contributed by atoms with E-state index in [1.54, 1.807) is 0 Å². The van der Waals surface area contributed by atoms with Gasteiger partial charge in [-0.2, -0.15) is 0 Å². The summed E-state index contributed by atoms with van der Waals surface area (Å²) in [5.41, 5.74) is 8.59. The first-order chi connectivity index (χ1) is 6.70. The van der Waals surface area contributed by atoms with E-state index in [1.165, 1.54) is 24.8 Å². The minimum absolute atomic E-state index is 0. The second-order valence-corrected chi connectivity index (χ2v) is 4.59. The van der Waals surface area contributed by atoms with Crippen molar-refractivity contribution in [3.63, 3.8) is 0 Å². The van der Waals surface area contributed by atoms with Crippen LogP contribution in [0.2, 0.25) is 5.02 Å². The summed E-state index contributed by atoms with van der Waals surface area (Å²) >= 11 is 6.17. The Balaban J connectivity index is 0.00000112. The zero-order valence-corrected chi connectivity index (χ0v) is 10.4. The summed E-state index contributed by atoms with van der Waals surface area (Å²) in [6.07, 6.45) is 3.83. The van der Waals surface area contributed by atoms with Crippen LogP contribution in [0.1, 0.15) is 36.4 Å². The van der Waals surface area contributed by atoms with E-state index in [0.717, 1.165) is 10.6 Å². The number of hydrogen-bond donors (Lipinski definition) is 1. The fraction of sp³-hybridized carbons (Fsp3) is 0.500. The van der Waals surface area contributed by atoms with Gasteiger partial charge in [0.05, 0.1) is 0 Å². The average molecular weight is 246 g/mol. The van der Waals surface area contributed by atoms with Gasteiger partial charge in [0, 0.05) is 11.1 Å². The largest absolute Gasteiger partial charge is 0.324 e. The molecule has 0 spiro atoms. The van der Waals surface area contributed by atoms with Crippen molar-refractivity contribution >= 4 is 24.0 Å². The number of halogens is 2.